The molecule has 2 saturated carbocycles. The van der Waals surface area contributed by atoms with Crippen molar-refractivity contribution in [3.8, 4) is 0 Å². The summed E-state index contributed by atoms with van der Waals surface area (Å²) in [5.41, 5.74) is 1.70. The molecule has 0 saturated heterocycles. The summed E-state index contributed by atoms with van der Waals surface area (Å²) in [6.45, 7) is 4.09. The minimum atomic E-state index is -0.215. The lowest BCUT2D eigenvalue weighted by Crippen LogP contribution is -2.25. The molecule has 2 aliphatic rings. The number of aryl methyl sites for hydroxylation is 1. The van der Waals surface area contributed by atoms with Crippen molar-refractivity contribution in [3.63, 3.8) is 0 Å². The summed E-state index contributed by atoms with van der Waals surface area (Å²) >= 11 is 6.31. The van der Waals surface area contributed by atoms with Crippen molar-refractivity contribution >= 4 is 11.6 Å². The van der Waals surface area contributed by atoms with Crippen LogP contribution in [0.2, 0.25) is 5.02 Å². The molecule has 0 N–H and O–H groups in total. The number of rotatable bonds is 6. The van der Waals surface area contributed by atoms with Crippen LogP contribution in [0.3, 0.4) is 0 Å². The van der Waals surface area contributed by atoms with Crippen LogP contribution in [-0.4, -0.2) is 0 Å². The van der Waals surface area contributed by atoms with Crippen LogP contribution in [0.25, 0.3) is 0 Å². The van der Waals surface area contributed by atoms with Gasteiger partial charge < -0.3 is 0 Å². The fourth-order valence-corrected chi connectivity index (χ4v) is 5.88. The van der Waals surface area contributed by atoms with E-state index in [1.165, 1.54) is 77.0 Å². The predicted octanol–water partition coefficient (Wildman–Crippen LogP) is 8.45. The molecule has 0 atom stereocenters. The van der Waals surface area contributed by atoms with Gasteiger partial charge in [-0.2, -0.15) is 0 Å². The maximum atomic E-state index is 14.1. The first kappa shape index (κ1) is 20.2. The van der Waals surface area contributed by atoms with Gasteiger partial charge >= 0.3 is 0 Å². The molecule has 1 aromatic rings. The number of hydrogen-bond acceptors (Lipinski definition) is 0. The summed E-state index contributed by atoms with van der Waals surface area (Å²) in [5, 5.41) is 0.376. The SMILES string of the molecule is CCCCCC1CCC(C2CCC(c3ccc(C)c(F)c3Cl)CC2)CC1. The third kappa shape index (κ3) is 4.83. The second-order valence-electron chi connectivity index (χ2n) is 8.99. The first-order chi connectivity index (χ1) is 12.6. The van der Waals surface area contributed by atoms with E-state index in [0.717, 1.165) is 23.3 Å². The van der Waals surface area contributed by atoms with E-state index in [4.69, 9.17) is 11.6 Å². The van der Waals surface area contributed by atoms with Crippen LogP contribution >= 0.6 is 11.6 Å². The zero-order chi connectivity index (χ0) is 18.5. The molecule has 146 valence electrons. The molecule has 0 radical (unpaired) electrons. The Bertz CT molecular complexity index is 566. The molecule has 0 unspecified atom stereocenters. The Morgan fingerprint density at radius 2 is 1.54 bits per heavy atom. The average molecular weight is 379 g/mol. The van der Waals surface area contributed by atoms with Gasteiger partial charge in [-0.05, 0) is 80.2 Å². The predicted molar refractivity (Wildman–Crippen MR) is 110 cm³/mol. The van der Waals surface area contributed by atoms with Gasteiger partial charge in [0.05, 0.1) is 5.02 Å². The van der Waals surface area contributed by atoms with Gasteiger partial charge in [0, 0.05) is 0 Å². The highest BCUT2D eigenvalue weighted by Crippen LogP contribution is 2.45. The van der Waals surface area contributed by atoms with E-state index in [0.29, 0.717) is 16.5 Å². The first-order valence-corrected chi connectivity index (χ1v) is 11.4. The van der Waals surface area contributed by atoms with E-state index >= 15 is 0 Å². The quantitative estimate of drug-likeness (QED) is 0.435. The number of benzene rings is 1. The standard InChI is InChI=1S/C24H36ClF/c1-3-4-5-6-18-8-10-19(11-9-18)20-12-14-21(15-13-20)22-16-7-17(2)24(26)23(22)25/h7,16,18-21H,3-6,8-15H2,1-2H3. The Labute approximate surface area is 164 Å². The second-order valence-corrected chi connectivity index (χ2v) is 9.37. The maximum absolute atomic E-state index is 14.1. The minimum absolute atomic E-state index is 0.215. The molecule has 0 heterocycles. The Kier molecular flexibility index (Phi) is 7.44. The lowest BCUT2D eigenvalue weighted by molar-refractivity contribution is 0.155. The van der Waals surface area contributed by atoms with Gasteiger partial charge in [-0.15, -0.1) is 0 Å². The van der Waals surface area contributed by atoms with Gasteiger partial charge in [0.15, 0.2) is 0 Å². The lowest BCUT2D eigenvalue weighted by Gasteiger charge is -2.38. The monoisotopic (exact) mass is 378 g/mol. The molecule has 26 heavy (non-hydrogen) atoms. The molecule has 0 spiro atoms. The van der Waals surface area contributed by atoms with Crippen LogP contribution in [0.5, 0.6) is 0 Å². The average Bonchev–Trinajstić information content (AvgIpc) is 2.67. The zero-order valence-corrected chi connectivity index (χ0v) is 17.5. The Morgan fingerprint density at radius 1 is 0.923 bits per heavy atom. The van der Waals surface area contributed by atoms with E-state index in [1.807, 2.05) is 6.07 Å². The highest BCUT2D eigenvalue weighted by Gasteiger charge is 2.32. The van der Waals surface area contributed by atoms with Crippen LogP contribution < -0.4 is 0 Å². The summed E-state index contributed by atoms with van der Waals surface area (Å²) < 4.78 is 14.1. The van der Waals surface area contributed by atoms with Gasteiger partial charge in [-0.1, -0.05) is 69.2 Å². The molecule has 0 aromatic heterocycles. The Morgan fingerprint density at radius 3 is 2.15 bits per heavy atom. The summed E-state index contributed by atoms with van der Waals surface area (Å²) in [7, 11) is 0. The summed E-state index contributed by atoms with van der Waals surface area (Å²) in [6, 6.07) is 3.95. The van der Waals surface area contributed by atoms with E-state index in [9.17, 15) is 4.39 Å². The molecule has 1 aromatic carbocycles. The van der Waals surface area contributed by atoms with Crippen molar-refractivity contribution < 1.29 is 4.39 Å². The minimum Gasteiger partial charge on any atom is -0.205 e. The van der Waals surface area contributed by atoms with Gasteiger partial charge in [-0.25, -0.2) is 4.39 Å². The van der Waals surface area contributed by atoms with Gasteiger partial charge in [0.25, 0.3) is 0 Å². The second kappa shape index (κ2) is 9.58. The molecule has 0 nitrogen and oxygen atoms in total. The topological polar surface area (TPSA) is 0 Å². The smallest absolute Gasteiger partial charge is 0.144 e. The number of unbranched alkanes of at least 4 members (excludes halogenated alkanes) is 2. The first-order valence-electron chi connectivity index (χ1n) is 11.0. The molecule has 3 rings (SSSR count). The van der Waals surface area contributed by atoms with Crippen molar-refractivity contribution in [2.75, 3.05) is 0 Å². The van der Waals surface area contributed by atoms with Crippen LogP contribution in [-0.2, 0) is 0 Å². The fraction of sp³-hybridized carbons (Fsp3) is 0.750. The van der Waals surface area contributed by atoms with Crippen LogP contribution in [0.15, 0.2) is 12.1 Å². The molecular formula is C24H36ClF. The molecule has 0 aliphatic heterocycles. The Hall–Kier alpha value is -0.560. The van der Waals surface area contributed by atoms with Crippen LogP contribution in [0.4, 0.5) is 4.39 Å². The third-order valence-corrected chi connectivity index (χ3v) is 7.68. The summed E-state index contributed by atoms with van der Waals surface area (Å²) in [5.74, 6) is 3.09. The van der Waals surface area contributed by atoms with E-state index in [-0.39, 0.29) is 5.82 Å². The van der Waals surface area contributed by atoms with Crippen LogP contribution in [0.1, 0.15) is 101 Å². The summed E-state index contributed by atoms with van der Waals surface area (Å²) in [6.07, 6.45) is 16.5. The van der Waals surface area contributed by atoms with E-state index in [2.05, 4.69) is 13.0 Å². The molecule has 2 heteroatoms. The lowest BCUT2D eigenvalue weighted by atomic mass is 9.68. The molecular weight excluding hydrogens is 343 g/mol. The van der Waals surface area contributed by atoms with Crippen molar-refractivity contribution in [3.05, 3.63) is 34.1 Å². The van der Waals surface area contributed by atoms with Gasteiger partial charge in [0.1, 0.15) is 5.82 Å². The normalized spacial score (nSPS) is 29.7. The molecule has 0 amide bonds. The van der Waals surface area contributed by atoms with Gasteiger partial charge in [0.2, 0.25) is 0 Å². The number of halogens is 2. The Balaban J connectivity index is 1.47. The number of hydrogen-bond donors (Lipinski definition) is 0. The fourth-order valence-electron chi connectivity index (χ4n) is 5.51. The largest absolute Gasteiger partial charge is 0.205 e. The molecule has 0 bridgehead atoms. The molecule has 2 fully saturated rings. The van der Waals surface area contributed by atoms with Crippen LogP contribution in [0, 0.1) is 30.5 Å². The van der Waals surface area contributed by atoms with Crippen molar-refractivity contribution in [2.45, 2.75) is 96.8 Å². The van der Waals surface area contributed by atoms with E-state index < -0.39 is 0 Å². The molecule has 2 aliphatic carbocycles. The van der Waals surface area contributed by atoms with Gasteiger partial charge in [-0.3, -0.25) is 0 Å². The van der Waals surface area contributed by atoms with Crippen molar-refractivity contribution in [2.24, 2.45) is 17.8 Å². The zero-order valence-electron chi connectivity index (χ0n) is 16.7. The van der Waals surface area contributed by atoms with Crippen molar-refractivity contribution in [1.82, 2.24) is 0 Å². The maximum Gasteiger partial charge on any atom is 0.144 e. The third-order valence-electron chi connectivity index (χ3n) is 7.29. The highest BCUT2D eigenvalue weighted by molar-refractivity contribution is 6.31. The summed E-state index contributed by atoms with van der Waals surface area (Å²) in [4.78, 5) is 0. The van der Waals surface area contributed by atoms with Crippen molar-refractivity contribution in [1.29, 1.82) is 0 Å². The van der Waals surface area contributed by atoms with E-state index in [1.54, 1.807) is 6.92 Å². The highest BCUT2D eigenvalue weighted by atomic mass is 35.5.